The van der Waals surface area contributed by atoms with Crippen molar-refractivity contribution in [1.82, 2.24) is 10.3 Å². The van der Waals surface area contributed by atoms with Gasteiger partial charge in [-0.3, -0.25) is 0 Å². The van der Waals surface area contributed by atoms with Crippen molar-refractivity contribution < 1.29 is 4.63 Å². The highest BCUT2D eigenvalue weighted by Crippen LogP contribution is 2.33. The number of hydrogen-bond donors (Lipinski definition) is 0. The van der Waals surface area contributed by atoms with Gasteiger partial charge in [-0.15, -0.1) is 0 Å². The maximum atomic E-state index is 5.81. The van der Waals surface area contributed by atoms with E-state index in [1.807, 2.05) is 0 Å². The summed E-state index contributed by atoms with van der Waals surface area (Å²) in [7, 11) is 0. The minimum absolute atomic E-state index is 0.430. The quantitative estimate of drug-likeness (QED) is 0.688. The van der Waals surface area contributed by atoms with Crippen LogP contribution in [0.3, 0.4) is 0 Å². The van der Waals surface area contributed by atoms with Crippen LogP contribution in [0.4, 0.5) is 0 Å². The molecule has 0 saturated heterocycles. The van der Waals surface area contributed by atoms with E-state index in [-0.39, 0.29) is 0 Å². The van der Waals surface area contributed by atoms with Crippen LogP contribution < -0.4 is 0 Å². The Balaban J connectivity index is 2.97. The fraction of sp³-hybridized carbons (Fsp3) is 0. The molecule has 0 radical (unpaired) electrons. The third kappa shape index (κ3) is 1.11. The molecule has 1 aromatic heterocycles. The molecule has 0 amide bonds. The van der Waals surface area contributed by atoms with E-state index in [2.05, 4.69) is 30.9 Å². The van der Waals surface area contributed by atoms with Gasteiger partial charge in [0.25, 0.3) is 0 Å². The molecular weight excluding hydrogens is 267 g/mol. The third-order valence-electron chi connectivity index (χ3n) is 1.39. The first-order valence-corrected chi connectivity index (χ1v) is 4.51. The summed E-state index contributed by atoms with van der Waals surface area (Å²) in [5, 5.41) is 8.17. The van der Waals surface area contributed by atoms with E-state index in [4.69, 9.17) is 23.2 Å². The van der Waals surface area contributed by atoms with Crippen molar-refractivity contribution in [2.45, 2.75) is 0 Å². The Kier molecular flexibility index (Phi) is 1.98. The van der Waals surface area contributed by atoms with Gasteiger partial charge in [0, 0.05) is 0 Å². The van der Waals surface area contributed by atoms with Gasteiger partial charge in [0.05, 0.1) is 14.5 Å². The predicted molar refractivity (Wildman–Crippen MR) is 49.5 cm³/mol. The van der Waals surface area contributed by atoms with Gasteiger partial charge < -0.3 is 0 Å². The fourth-order valence-corrected chi connectivity index (χ4v) is 1.71. The number of hydrogen-bond acceptors (Lipinski definition) is 3. The molecular formula is C6HBrCl2N2O. The Morgan fingerprint density at radius 1 is 1.17 bits per heavy atom. The molecule has 1 heterocycles. The third-order valence-corrected chi connectivity index (χ3v) is 3.00. The van der Waals surface area contributed by atoms with Crippen LogP contribution in [0.2, 0.25) is 10.0 Å². The van der Waals surface area contributed by atoms with Crippen LogP contribution in [-0.4, -0.2) is 10.3 Å². The molecule has 0 aliphatic heterocycles. The predicted octanol–water partition coefficient (Wildman–Crippen LogP) is 3.29. The number of halogens is 3. The molecule has 0 N–H and O–H groups in total. The number of rotatable bonds is 0. The van der Waals surface area contributed by atoms with Crippen molar-refractivity contribution in [1.29, 1.82) is 0 Å². The van der Waals surface area contributed by atoms with E-state index in [1.165, 1.54) is 0 Å². The van der Waals surface area contributed by atoms with Crippen LogP contribution in [0.25, 0.3) is 11.0 Å². The van der Waals surface area contributed by atoms with Crippen LogP contribution in [0.15, 0.2) is 15.2 Å². The number of benzene rings is 1. The molecule has 3 nitrogen and oxygen atoms in total. The zero-order valence-electron chi connectivity index (χ0n) is 5.51. The molecule has 0 fully saturated rings. The average molecular weight is 268 g/mol. The van der Waals surface area contributed by atoms with Crippen molar-refractivity contribution >= 4 is 50.2 Å². The monoisotopic (exact) mass is 266 g/mol. The molecule has 62 valence electrons. The summed E-state index contributed by atoms with van der Waals surface area (Å²) in [4.78, 5) is 0. The number of fused-ring (bicyclic) bond motifs is 1. The Bertz CT molecular complexity index is 442. The summed E-state index contributed by atoms with van der Waals surface area (Å²) >= 11 is 14.9. The first-order valence-electron chi connectivity index (χ1n) is 2.96. The van der Waals surface area contributed by atoms with Gasteiger partial charge in [0.2, 0.25) is 0 Å². The molecule has 6 heteroatoms. The first-order chi connectivity index (χ1) is 5.70. The standard InChI is InChI=1S/C6HBrCl2N2O/c7-4-2(8)1-3(9)5-6(4)11-12-10-5/h1H. The Labute approximate surface area is 85.7 Å². The van der Waals surface area contributed by atoms with Crippen LogP contribution >= 0.6 is 39.1 Å². The van der Waals surface area contributed by atoms with Crippen molar-refractivity contribution in [2.75, 3.05) is 0 Å². The van der Waals surface area contributed by atoms with Gasteiger partial charge in [-0.2, -0.15) is 0 Å². The first kappa shape index (κ1) is 8.29. The molecule has 2 aromatic rings. The molecule has 0 spiro atoms. The lowest BCUT2D eigenvalue weighted by molar-refractivity contribution is 0.315. The van der Waals surface area contributed by atoms with Gasteiger partial charge in [-0.1, -0.05) is 23.2 Å². The zero-order valence-corrected chi connectivity index (χ0v) is 8.61. The van der Waals surface area contributed by atoms with Gasteiger partial charge in [-0.25, -0.2) is 4.63 Å². The summed E-state index contributed by atoms with van der Waals surface area (Å²) in [6.07, 6.45) is 0. The largest absolute Gasteiger partial charge is 0.243 e. The topological polar surface area (TPSA) is 38.9 Å². The number of aromatic nitrogens is 2. The second-order valence-corrected chi connectivity index (χ2v) is 3.72. The zero-order chi connectivity index (χ0) is 8.72. The summed E-state index contributed by atoms with van der Waals surface area (Å²) in [5.41, 5.74) is 1.04. The second kappa shape index (κ2) is 2.87. The normalized spacial score (nSPS) is 10.9. The summed E-state index contributed by atoms with van der Waals surface area (Å²) in [6.45, 7) is 0. The number of nitrogens with zero attached hydrogens (tertiary/aromatic N) is 2. The molecule has 2 rings (SSSR count). The fourth-order valence-electron chi connectivity index (χ4n) is 0.845. The highest BCUT2D eigenvalue weighted by Gasteiger charge is 2.12. The summed E-state index contributed by atoms with van der Waals surface area (Å²) in [5.74, 6) is 0. The maximum Gasteiger partial charge on any atom is 0.155 e. The van der Waals surface area contributed by atoms with Crippen LogP contribution in [0.5, 0.6) is 0 Å². The lowest BCUT2D eigenvalue weighted by Crippen LogP contribution is -1.76. The van der Waals surface area contributed by atoms with Crippen molar-refractivity contribution in [3.63, 3.8) is 0 Å². The maximum absolute atomic E-state index is 5.81. The molecule has 1 aromatic carbocycles. The summed E-state index contributed by atoms with van der Waals surface area (Å²) < 4.78 is 5.15. The van der Waals surface area contributed by atoms with E-state index >= 15 is 0 Å². The van der Waals surface area contributed by atoms with Gasteiger partial charge in [0.1, 0.15) is 0 Å². The van der Waals surface area contributed by atoms with E-state index in [9.17, 15) is 0 Å². The van der Waals surface area contributed by atoms with Gasteiger partial charge >= 0.3 is 0 Å². The highest BCUT2D eigenvalue weighted by molar-refractivity contribution is 9.10. The minimum atomic E-state index is 0.430. The van der Waals surface area contributed by atoms with Crippen molar-refractivity contribution in [2.24, 2.45) is 0 Å². The van der Waals surface area contributed by atoms with E-state index in [0.717, 1.165) is 0 Å². The Hall–Kier alpha value is -0.320. The van der Waals surface area contributed by atoms with E-state index in [0.29, 0.717) is 25.6 Å². The van der Waals surface area contributed by atoms with Crippen molar-refractivity contribution in [3.8, 4) is 0 Å². The molecule has 12 heavy (non-hydrogen) atoms. The minimum Gasteiger partial charge on any atom is -0.243 e. The highest BCUT2D eigenvalue weighted by atomic mass is 79.9. The Morgan fingerprint density at radius 2 is 1.83 bits per heavy atom. The molecule has 0 aliphatic rings. The average Bonchev–Trinajstić information content (AvgIpc) is 2.48. The van der Waals surface area contributed by atoms with Crippen LogP contribution in [0, 0.1) is 0 Å². The second-order valence-electron chi connectivity index (χ2n) is 2.12. The lowest BCUT2D eigenvalue weighted by Gasteiger charge is -1.95. The molecule has 0 bridgehead atoms. The Morgan fingerprint density at radius 3 is 2.58 bits per heavy atom. The van der Waals surface area contributed by atoms with Crippen LogP contribution in [0.1, 0.15) is 0 Å². The van der Waals surface area contributed by atoms with E-state index < -0.39 is 0 Å². The molecule has 0 saturated carbocycles. The smallest absolute Gasteiger partial charge is 0.155 e. The molecule has 0 atom stereocenters. The van der Waals surface area contributed by atoms with Crippen molar-refractivity contribution in [3.05, 3.63) is 20.6 Å². The summed E-state index contributed by atoms with van der Waals surface area (Å²) in [6, 6.07) is 1.58. The lowest BCUT2D eigenvalue weighted by atomic mass is 10.3. The van der Waals surface area contributed by atoms with E-state index in [1.54, 1.807) is 6.07 Å². The van der Waals surface area contributed by atoms with Gasteiger partial charge in [-0.05, 0) is 32.3 Å². The van der Waals surface area contributed by atoms with Crippen LogP contribution in [-0.2, 0) is 0 Å². The van der Waals surface area contributed by atoms with Gasteiger partial charge in [0.15, 0.2) is 11.0 Å². The SMILES string of the molecule is Clc1cc(Cl)c2nonc2c1Br. The molecule has 0 aliphatic carbocycles. The molecule has 0 unspecified atom stereocenters.